The number of nitrogens with zero attached hydrogens (tertiary/aromatic N) is 1. The lowest BCUT2D eigenvalue weighted by molar-refractivity contribution is 0.0660. The van der Waals surface area contributed by atoms with Crippen molar-refractivity contribution >= 4 is 16.7 Å². The van der Waals surface area contributed by atoms with Crippen LogP contribution in [0.1, 0.15) is 16.3 Å². The number of aromatic nitrogens is 1. The quantitative estimate of drug-likeness (QED) is 0.773. The smallest absolute Gasteiger partial charge is 0.371 e. The summed E-state index contributed by atoms with van der Waals surface area (Å²) in [5.41, 5.74) is -0.235. The van der Waals surface area contributed by atoms with Crippen LogP contribution < -0.4 is 15.0 Å². The number of benzene rings is 1. The molecule has 0 fully saturated rings. The lowest BCUT2D eigenvalue weighted by Crippen LogP contribution is -2.19. The number of hydrogen-bond acceptors (Lipinski definition) is 5. The molecular formula is C17H15NO6. The molecule has 0 bridgehead atoms. The highest BCUT2D eigenvalue weighted by Gasteiger charge is 2.12. The molecule has 3 rings (SSSR count). The molecule has 1 N–H and O–H groups in total. The van der Waals surface area contributed by atoms with E-state index in [0.717, 1.165) is 5.39 Å². The maximum Gasteiger partial charge on any atom is 0.371 e. The van der Waals surface area contributed by atoms with Gasteiger partial charge in [-0.3, -0.25) is 4.79 Å². The van der Waals surface area contributed by atoms with Crippen molar-refractivity contribution in [3.63, 3.8) is 0 Å². The van der Waals surface area contributed by atoms with Crippen LogP contribution in [0.3, 0.4) is 0 Å². The predicted octanol–water partition coefficient (Wildman–Crippen LogP) is 2.36. The molecule has 7 heteroatoms. The number of pyridine rings is 1. The summed E-state index contributed by atoms with van der Waals surface area (Å²) < 4.78 is 17.1. The fraction of sp³-hybridized carbons (Fsp3) is 0.176. The Hall–Kier alpha value is -3.22. The van der Waals surface area contributed by atoms with Crippen LogP contribution in [0.5, 0.6) is 11.5 Å². The average molecular weight is 329 g/mol. The largest absolute Gasteiger partial charge is 0.493 e. The van der Waals surface area contributed by atoms with Crippen LogP contribution in [0.2, 0.25) is 0 Å². The maximum atomic E-state index is 12.6. The monoisotopic (exact) mass is 329 g/mol. The minimum absolute atomic E-state index is 0.135. The standard InChI is InChI=1S/C17H15NO6/c1-22-14-7-10-5-6-18(16(19)12(10)8-15(14)23-2)9-11-3-4-13(24-11)17(20)21/h3-8H,9H2,1-2H3,(H,20,21). The van der Waals surface area contributed by atoms with Crippen LogP contribution >= 0.6 is 0 Å². The van der Waals surface area contributed by atoms with Crippen molar-refractivity contribution in [1.29, 1.82) is 0 Å². The first-order valence-corrected chi connectivity index (χ1v) is 7.10. The Morgan fingerprint density at radius 2 is 1.88 bits per heavy atom. The van der Waals surface area contributed by atoms with Gasteiger partial charge in [0.15, 0.2) is 11.5 Å². The van der Waals surface area contributed by atoms with E-state index in [9.17, 15) is 9.59 Å². The number of aromatic carboxylic acids is 1. The van der Waals surface area contributed by atoms with Crippen molar-refractivity contribution in [2.75, 3.05) is 14.2 Å². The van der Waals surface area contributed by atoms with Crippen molar-refractivity contribution in [2.24, 2.45) is 0 Å². The van der Waals surface area contributed by atoms with Gasteiger partial charge in [-0.05, 0) is 35.7 Å². The Balaban J connectivity index is 2.04. The first-order chi connectivity index (χ1) is 11.5. The number of fused-ring (bicyclic) bond motifs is 1. The lowest BCUT2D eigenvalue weighted by Gasteiger charge is -2.10. The second-order valence-electron chi connectivity index (χ2n) is 5.11. The van der Waals surface area contributed by atoms with Gasteiger partial charge in [-0.25, -0.2) is 4.79 Å². The van der Waals surface area contributed by atoms with Crippen molar-refractivity contribution in [2.45, 2.75) is 6.54 Å². The number of furan rings is 1. The van der Waals surface area contributed by atoms with Gasteiger partial charge in [0.25, 0.3) is 5.56 Å². The molecular weight excluding hydrogens is 314 g/mol. The van der Waals surface area contributed by atoms with Crippen molar-refractivity contribution < 1.29 is 23.8 Å². The number of rotatable bonds is 5. The molecule has 0 amide bonds. The maximum absolute atomic E-state index is 12.6. The highest BCUT2D eigenvalue weighted by molar-refractivity contribution is 5.85. The van der Waals surface area contributed by atoms with Crippen LogP contribution in [0.4, 0.5) is 0 Å². The van der Waals surface area contributed by atoms with Crippen LogP contribution in [-0.4, -0.2) is 29.9 Å². The average Bonchev–Trinajstić information content (AvgIpc) is 3.05. The topological polar surface area (TPSA) is 90.9 Å². The van der Waals surface area contributed by atoms with Crippen molar-refractivity contribution in [1.82, 2.24) is 4.57 Å². The summed E-state index contributed by atoms with van der Waals surface area (Å²) in [5.74, 6) is 0.0776. The summed E-state index contributed by atoms with van der Waals surface area (Å²) in [4.78, 5) is 23.5. The van der Waals surface area contributed by atoms with Crippen LogP contribution in [0, 0.1) is 0 Å². The zero-order chi connectivity index (χ0) is 17.3. The zero-order valence-electron chi connectivity index (χ0n) is 13.1. The molecule has 3 aromatic rings. The molecule has 1 aromatic carbocycles. The Morgan fingerprint density at radius 1 is 1.17 bits per heavy atom. The van der Waals surface area contributed by atoms with Gasteiger partial charge < -0.3 is 23.6 Å². The molecule has 0 aliphatic rings. The SMILES string of the molecule is COc1cc2ccn(Cc3ccc(C(=O)O)o3)c(=O)c2cc1OC. The van der Waals surface area contributed by atoms with E-state index in [0.29, 0.717) is 22.6 Å². The highest BCUT2D eigenvalue weighted by Crippen LogP contribution is 2.30. The fourth-order valence-electron chi connectivity index (χ4n) is 2.48. The summed E-state index contributed by atoms with van der Waals surface area (Å²) in [5, 5.41) is 10.1. The lowest BCUT2D eigenvalue weighted by atomic mass is 10.1. The molecule has 0 radical (unpaired) electrons. The van der Waals surface area contributed by atoms with Gasteiger partial charge in [-0.15, -0.1) is 0 Å². The fourth-order valence-corrected chi connectivity index (χ4v) is 2.48. The van der Waals surface area contributed by atoms with Gasteiger partial charge in [0.2, 0.25) is 5.76 Å². The second-order valence-corrected chi connectivity index (χ2v) is 5.11. The molecule has 0 atom stereocenters. The molecule has 0 saturated carbocycles. The highest BCUT2D eigenvalue weighted by atomic mass is 16.5. The minimum atomic E-state index is -1.15. The molecule has 2 aromatic heterocycles. The first kappa shape index (κ1) is 15.7. The van der Waals surface area contributed by atoms with Crippen LogP contribution in [0.25, 0.3) is 10.8 Å². The van der Waals surface area contributed by atoms with Gasteiger partial charge >= 0.3 is 5.97 Å². The molecule has 2 heterocycles. The Morgan fingerprint density at radius 3 is 2.50 bits per heavy atom. The number of carboxylic acid groups (broad SMARTS) is 1. The molecule has 0 aliphatic carbocycles. The number of carboxylic acids is 1. The molecule has 0 aliphatic heterocycles. The van der Waals surface area contributed by atoms with Gasteiger partial charge in [-0.2, -0.15) is 0 Å². The van der Waals surface area contributed by atoms with E-state index in [1.807, 2.05) is 0 Å². The summed E-state index contributed by atoms with van der Waals surface area (Å²) in [6, 6.07) is 8.03. The first-order valence-electron chi connectivity index (χ1n) is 7.10. The van der Waals surface area contributed by atoms with Crippen LogP contribution in [0.15, 0.2) is 45.7 Å². The summed E-state index contributed by atoms with van der Waals surface area (Å²) in [7, 11) is 3.03. The number of carbonyl (C=O) groups is 1. The van der Waals surface area contributed by atoms with E-state index in [2.05, 4.69) is 0 Å². The van der Waals surface area contributed by atoms with E-state index in [1.54, 1.807) is 24.4 Å². The van der Waals surface area contributed by atoms with Crippen molar-refractivity contribution in [3.05, 3.63) is 58.4 Å². The Kier molecular flexibility index (Phi) is 3.99. The third-order valence-electron chi connectivity index (χ3n) is 3.68. The van der Waals surface area contributed by atoms with Crippen molar-refractivity contribution in [3.8, 4) is 11.5 Å². The second kappa shape index (κ2) is 6.11. The van der Waals surface area contributed by atoms with E-state index in [-0.39, 0.29) is 17.9 Å². The van der Waals surface area contributed by atoms with Gasteiger partial charge in [-0.1, -0.05) is 0 Å². The Labute approximate surface area is 136 Å². The van der Waals surface area contributed by atoms with E-state index < -0.39 is 5.97 Å². The molecule has 7 nitrogen and oxygen atoms in total. The van der Waals surface area contributed by atoms with Gasteiger partial charge in [0.1, 0.15) is 5.76 Å². The minimum Gasteiger partial charge on any atom is -0.493 e. The van der Waals surface area contributed by atoms with Crippen LogP contribution in [-0.2, 0) is 6.54 Å². The molecule has 124 valence electrons. The number of methoxy groups -OCH3 is 2. The normalized spacial score (nSPS) is 10.8. The van der Waals surface area contributed by atoms with E-state index in [1.165, 1.54) is 30.9 Å². The van der Waals surface area contributed by atoms with Gasteiger partial charge in [0.05, 0.1) is 26.2 Å². The number of hydrogen-bond donors (Lipinski definition) is 1. The summed E-state index contributed by atoms with van der Waals surface area (Å²) in [6.07, 6.45) is 1.62. The molecule has 0 saturated heterocycles. The molecule has 0 spiro atoms. The van der Waals surface area contributed by atoms with E-state index in [4.69, 9.17) is 19.0 Å². The third kappa shape index (κ3) is 2.71. The number of ether oxygens (including phenoxy) is 2. The summed E-state index contributed by atoms with van der Waals surface area (Å²) >= 11 is 0. The zero-order valence-corrected chi connectivity index (χ0v) is 13.1. The van der Waals surface area contributed by atoms with E-state index >= 15 is 0 Å². The molecule has 24 heavy (non-hydrogen) atoms. The molecule has 0 unspecified atom stereocenters. The third-order valence-corrected chi connectivity index (χ3v) is 3.68. The summed E-state index contributed by atoms with van der Waals surface area (Å²) in [6.45, 7) is 0.135. The van der Waals surface area contributed by atoms with Gasteiger partial charge in [0, 0.05) is 6.20 Å². The predicted molar refractivity (Wildman–Crippen MR) is 86.1 cm³/mol. The Bertz CT molecular complexity index is 969.